The number of benzene rings is 1. The molecule has 1 unspecified atom stereocenters. The molecular weight excluding hydrogens is 349 g/mol. The second-order valence-corrected chi connectivity index (χ2v) is 6.01. The van der Waals surface area contributed by atoms with Gasteiger partial charge in [0, 0.05) is 22.8 Å². The molecule has 2 rings (SSSR count). The van der Waals surface area contributed by atoms with E-state index in [9.17, 15) is 5.11 Å². The lowest BCUT2D eigenvalue weighted by Gasteiger charge is -2.11. The quantitative estimate of drug-likeness (QED) is 0.881. The molecule has 0 radical (unpaired) electrons. The van der Waals surface area contributed by atoms with Crippen molar-refractivity contribution in [3.05, 3.63) is 62.3 Å². The van der Waals surface area contributed by atoms with Crippen LogP contribution < -0.4 is 0 Å². The topological polar surface area (TPSA) is 33.1 Å². The van der Waals surface area contributed by atoms with Crippen LogP contribution in [0.1, 0.15) is 11.3 Å². The van der Waals surface area contributed by atoms with Crippen molar-refractivity contribution in [3.63, 3.8) is 0 Å². The zero-order valence-electron chi connectivity index (χ0n) is 9.98. The van der Waals surface area contributed by atoms with Crippen molar-refractivity contribution in [2.75, 3.05) is 0 Å². The van der Waals surface area contributed by atoms with Crippen molar-refractivity contribution in [1.29, 1.82) is 0 Å². The second-order valence-electron chi connectivity index (χ2n) is 4.28. The largest absolute Gasteiger partial charge is 0.392 e. The Morgan fingerprint density at radius 3 is 2.53 bits per heavy atom. The molecule has 2 nitrogen and oxygen atoms in total. The smallest absolute Gasteiger partial charge is 0.0635 e. The standard InChI is InChI=1S/C14H12BrCl2NO/c15-10-2-3-11(18-8-10)7-12(19)5-9-1-4-13(16)14(17)6-9/h1-4,6,8,12,19H,5,7H2. The minimum Gasteiger partial charge on any atom is -0.392 e. The Hall–Kier alpha value is -0.610. The Bertz CT molecular complexity index is 560. The molecule has 1 atom stereocenters. The minimum absolute atomic E-state index is 0.495. The number of halogens is 3. The number of hydrogen-bond acceptors (Lipinski definition) is 2. The predicted molar refractivity (Wildman–Crippen MR) is 81.8 cm³/mol. The highest BCUT2D eigenvalue weighted by Crippen LogP contribution is 2.23. The number of nitrogens with zero attached hydrogens (tertiary/aromatic N) is 1. The van der Waals surface area contributed by atoms with Crippen LogP contribution in [0.2, 0.25) is 10.0 Å². The van der Waals surface area contributed by atoms with Crippen LogP contribution in [0.4, 0.5) is 0 Å². The van der Waals surface area contributed by atoms with E-state index < -0.39 is 6.10 Å². The third kappa shape index (κ3) is 4.46. The van der Waals surface area contributed by atoms with Gasteiger partial charge < -0.3 is 5.11 Å². The van der Waals surface area contributed by atoms with Gasteiger partial charge in [0.25, 0.3) is 0 Å². The summed E-state index contributed by atoms with van der Waals surface area (Å²) in [7, 11) is 0. The van der Waals surface area contributed by atoms with Gasteiger partial charge in [0.15, 0.2) is 0 Å². The van der Waals surface area contributed by atoms with Crippen LogP contribution >= 0.6 is 39.1 Å². The van der Waals surface area contributed by atoms with Crippen molar-refractivity contribution in [2.24, 2.45) is 0 Å². The molecule has 1 heterocycles. The van der Waals surface area contributed by atoms with E-state index in [0.29, 0.717) is 22.9 Å². The van der Waals surface area contributed by atoms with Gasteiger partial charge in [-0.1, -0.05) is 29.3 Å². The van der Waals surface area contributed by atoms with E-state index >= 15 is 0 Å². The molecule has 19 heavy (non-hydrogen) atoms. The van der Waals surface area contributed by atoms with E-state index in [1.165, 1.54) is 0 Å². The fraction of sp³-hybridized carbons (Fsp3) is 0.214. The van der Waals surface area contributed by atoms with Crippen LogP contribution in [-0.4, -0.2) is 16.2 Å². The van der Waals surface area contributed by atoms with E-state index in [1.807, 2.05) is 18.2 Å². The van der Waals surface area contributed by atoms with Gasteiger partial charge >= 0.3 is 0 Å². The Morgan fingerprint density at radius 1 is 1.11 bits per heavy atom. The molecule has 0 saturated carbocycles. The first-order chi connectivity index (χ1) is 9.04. The monoisotopic (exact) mass is 359 g/mol. The number of hydrogen-bond donors (Lipinski definition) is 1. The van der Waals surface area contributed by atoms with E-state index in [2.05, 4.69) is 20.9 Å². The third-order valence-corrected chi connectivity index (χ3v) is 3.90. The first kappa shape index (κ1) is 14.8. The van der Waals surface area contributed by atoms with Crippen LogP contribution in [0.3, 0.4) is 0 Å². The molecule has 0 aliphatic heterocycles. The van der Waals surface area contributed by atoms with Crippen LogP contribution in [0.5, 0.6) is 0 Å². The van der Waals surface area contributed by atoms with E-state index in [0.717, 1.165) is 15.7 Å². The van der Waals surface area contributed by atoms with Crippen LogP contribution in [-0.2, 0) is 12.8 Å². The minimum atomic E-state index is -0.495. The summed E-state index contributed by atoms with van der Waals surface area (Å²) in [6, 6.07) is 9.19. The van der Waals surface area contributed by atoms with Crippen LogP contribution in [0.25, 0.3) is 0 Å². The molecule has 5 heteroatoms. The van der Waals surface area contributed by atoms with Crippen molar-refractivity contribution in [1.82, 2.24) is 4.98 Å². The van der Waals surface area contributed by atoms with Gasteiger partial charge in [0.05, 0.1) is 16.1 Å². The zero-order chi connectivity index (χ0) is 13.8. The van der Waals surface area contributed by atoms with Crippen molar-refractivity contribution >= 4 is 39.1 Å². The third-order valence-electron chi connectivity index (χ3n) is 2.69. The molecule has 0 aliphatic carbocycles. The molecule has 100 valence electrons. The lowest BCUT2D eigenvalue weighted by atomic mass is 10.0. The van der Waals surface area contributed by atoms with Crippen molar-refractivity contribution < 1.29 is 5.11 Å². The molecule has 1 aromatic heterocycles. The van der Waals surface area contributed by atoms with Gasteiger partial charge in [-0.3, -0.25) is 4.98 Å². The van der Waals surface area contributed by atoms with Gasteiger partial charge in [-0.15, -0.1) is 0 Å². The molecule has 0 fully saturated rings. The average molecular weight is 361 g/mol. The van der Waals surface area contributed by atoms with Gasteiger partial charge in [0.2, 0.25) is 0 Å². The maximum atomic E-state index is 10.1. The summed E-state index contributed by atoms with van der Waals surface area (Å²) in [5.41, 5.74) is 1.81. The van der Waals surface area contributed by atoms with Crippen LogP contribution in [0, 0.1) is 0 Å². The maximum Gasteiger partial charge on any atom is 0.0635 e. The maximum absolute atomic E-state index is 10.1. The molecule has 2 aromatic rings. The Labute approximate surface area is 130 Å². The van der Waals surface area contributed by atoms with Gasteiger partial charge in [0.1, 0.15) is 0 Å². The SMILES string of the molecule is OC(Cc1ccc(Cl)c(Cl)c1)Cc1ccc(Br)cn1. The Kier molecular flexibility index (Phi) is 5.22. The summed E-state index contributed by atoms with van der Waals surface area (Å²) < 4.78 is 0.926. The summed E-state index contributed by atoms with van der Waals surface area (Å²) >= 11 is 15.1. The Balaban J connectivity index is 1.98. The fourth-order valence-corrected chi connectivity index (χ4v) is 2.33. The van der Waals surface area contributed by atoms with E-state index in [-0.39, 0.29) is 0 Å². The number of rotatable bonds is 4. The summed E-state index contributed by atoms with van der Waals surface area (Å²) in [6.45, 7) is 0. The number of aliphatic hydroxyl groups excluding tert-OH is 1. The highest BCUT2D eigenvalue weighted by Gasteiger charge is 2.09. The first-order valence-electron chi connectivity index (χ1n) is 5.77. The second kappa shape index (κ2) is 6.71. The van der Waals surface area contributed by atoms with Crippen LogP contribution in [0.15, 0.2) is 41.0 Å². The molecule has 0 spiro atoms. The van der Waals surface area contributed by atoms with E-state index in [1.54, 1.807) is 18.3 Å². The lowest BCUT2D eigenvalue weighted by Crippen LogP contribution is -2.14. The summed E-state index contributed by atoms with van der Waals surface area (Å²) in [4.78, 5) is 4.24. The number of pyridine rings is 1. The average Bonchev–Trinajstić information content (AvgIpc) is 2.37. The van der Waals surface area contributed by atoms with Gasteiger partial charge in [-0.2, -0.15) is 0 Å². The number of aliphatic hydroxyl groups is 1. The first-order valence-corrected chi connectivity index (χ1v) is 7.32. The molecule has 0 amide bonds. The predicted octanol–water partition coefficient (Wildman–Crippen LogP) is 4.30. The van der Waals surface area contributed by atoms with Gasteiger partial charge in [-0.25, -0.2) is 0 Å². The molecule has 0 aliphatic rings. The van der Waals surface area contributed by atoms with E-state index in [4.69, 9.17) is 23.2 Å². The summed E-state index contributed by atoms with van der Waals surface area (Å²) in [5.74, 6) is 0. The van der Waals surface area contributed by atoms with Crippen molar-refractivity contribution in [2.45, 2.75) is 18.9 Å². The highest BCUT2D eigenvalue weighted by atomic mass is 79.9. The molecule has 1 N–H and O–H groups in total. The molecule has 0 bridgehead atoms. The van der Waals surface area contributed by atoms with Gasteiger partial charge in [-0.05, 0) is 52.2 Å². The highest BCUT2D eigenvalue weighted by molar-refractivity contribution is 9.10. The Morgan fingerprint density at radius 2 is 1.89 bits per heavy atom. The summed E-state index contributed by atoms with van der Waals surface area (Å²) in [6.07, 6.45) is 2.26. The fourth-order valence-electron chi connectivity index (χ4n) is 1.78. The molecule has 1 aromatic carbocycles. The normalized spacial score (nSPS) is 12.4. The van der Waals surface area contributed by atoms with Crippen molar-refractivity contribution in [3.8, 4) is 0 Å². The zero-order valence-corrected chi connectivity index (χ0v) is 13.1. The lowest BCUT2D eigenvalue weighted by molar-refractivity contribution is 0.174. The molecular formula is C14H12BrCl2NO. The summed E-state index contributed by atoms with van der Waals surface area (Å²) in [5, 5.41) is 11.1. The molecule has 0 saturated heterocycles. The number of aromatic nitrogens is 1.